The zero-order valence-corrected chi connectivity index (χ0v) is 11.9. The molecule has 0 unspecified atom stereocenters. The maximum atomic E-state index is 12.2. The standard InChI is InChI=1S/C16H18O4/c1-9-4-5-11-12(6-9)19-15(18)13-10(2)7-16(3,8-17)20-14(11)13/h4-6,10,17H,7-8H2,1-3H3/t10-,16-/m1/s1. The largest absolute Gasteiger partial charge is 0.484 e. The van der Waals surface area contributed by atoms with Crippen LogP contribution in [0.4, 0.5) is 0 Å². The van der Waals surface area contributed by atoms with E-state index in [1.165, 1.54) is 0 Å². The van der Waals surface area contributed by atoms with E-state index in [1.54, 1.807) is 0 Å². The van der Waals surface area contributed by atoms with Gasteiger partial charge in [0.2, 0.25) is 0 Å². The van der Waals surface area contributed by atoms with Gasteiger partial charge in [-0.2, -0.15) is 0 Å². The molecule has 1 aliphatic rings. The Morgan fingerprint density at radius 3 is 2.90 bits per heavy atom. The topological polar surface area (TPSA) is 59.7 Å². The predicted molar refractivity (Wildman–Crippen MR) is 76.4 cm³/mol. The van der Waals surface area contributed by atoms with E-state index in [-0.39, 0.29) is 18.2 Å². The molecule has 0 saturated heterocycles. The van der Waals surface area contributed by atoms with Crippen LogP contribution >= 0.6 is 0 Å². The third-order valence-corrected chi connectivity index (χ3v) is 3.96. The molecule has 2 heterocycles. The molecule has 4 nitrogen and oxygen atoms in total. The molecule has 106 valence electrons. The molecule has 0 saturated carbocycles. The predicted octanol–water partition coefficient (Wildman–Crippen LogP) is 2.74. The molecule has 1 N–H and O–H groups in total. The molecule has 0 amide bonds. The van der Waals surface area contributed by atoms with Crippen molar-refractivity contribution in [3.63, 3.8) is 0 Å². The van der Waals surface area contributed by atoms with Gasteiger partial charge < -0.3 is 14.3 Å². The second-order valence-electron chi connectivity index (χ2n) is 5.95. The second-order valence-corrected chi connectivity index (χ2v) is 5.95. The van der Waals surface area contributed by atoms with Crippen LogP contribution in [0.5, 0.6) is 5.75 Å². The number of aryl methyl sites for hydroxylation is 1. The van der Waals surface area contributed by atoms with E-state index in [2.05, 4.69) is 0 Å². The molecular formula is C16H18O4. The van der Waals surface area contributed by atoms with Crippen LogP contribution < -0.4 is 10.4 Å². The minimum Gasteiger partial charge on any atom is -0.484 e. The Bertz CT molecular complexity index is 731. The Hall–Kier alpha value is -1.81. The number of aliphatic hydroxyl groups is 1. The first-order valence-corrected chi connectivity index (χ1v) is 6.81. The van der Waals surface area contributed by atoms with Crippen molar-refractivity contribution in [2.24, 2.45) is 0 Å². The van der Waals surface area contributed by atoms with Crippen molar-refractivity contribution in [3.05, 3.63) is 39.7 Å². The average Bonchev–Trinajstić information content (AvgIpc) is 2.37. The van der Waals surface area contributed by atoms with Crippen LogP contribution in [0.3, 0.4) is 0 Å². The van der Waals surface area contributed by atoms with Crippen molar-refractivity contribution >= 4 is 11.0 Å². The monoisotopic (exact) mass is 274 g/mol. The maximum absolute atomic E-state index is 12.2. The van der Waals surface area contributed by atoms with Gasteiger partial charge in [0.05, 0.1) is 17.6 Å². The molecule has 1 aliphatic heterocycles. The third-order valence-electron chi connectivity index (χ3n) is 3.96. The van der Waals surface area contributed by atoms with E-state index in [0.29, 0.717) is 23.3 Å². The van der Waals surface area contributed by atoms with Crippen LogP contribution in [0.2, 0.25) is 0 Å². The van der Waals surface area contributed by atoms with Gasteiger partial charge in [-0.15, -0.1) is 0 Å². The van der Waals surface area contributed by atoms with Gasteiger partial charge in [0.25, 0.3) is 0 Å². The molecule has 0 radical (unpaired) electrons. The van der Waals surface area contributed by atoms with Gasteiger partial charge in [-0.1, -0.05) is 13.0 Å². The molecule has 1 aromatic heterocycles. The fourth-order valence-corrected chi connectivity index (χ4v) is 2.96. The molecule has 3 rings (SSSR count). The lowest BCUT2D eigenvalue weighted by Gasteiger charge is -2.37. The summed E-state index contributed by atoms with van der Waals surface area (Å²) in [6.07, 6.45) is 0.596. The first-order chi connectivity index (χ1) is 9.43. The van der Waals surface area contributed by atoms with Gasteiger partial charge in [0, 0.05) is 0 Å². The number of hydrogen-bond acceptors (Lipinski definition) is 4. The Balaban J connectivity index is 2.33. The summed E-state index contributed by atoms with van der Waals surface area (Å²) in [4.78, 5) is 12.2. The van der Waals surface area contributed by atoms with Crippen LogP contribution in [0.15, 0.2) is 27.4 Å². The van der Waals surface area contributed by atoms with Gasteiger partial charge in [-0.3, -0.25) is 0 Å². The number of benzene rings is 1. The summed E-state index contributed by atoms with van der Waals surface area (Å²) < 4.78 is 11.4. The lowest BCUT2D eigenvalue weighted by Crippen LogP contribution is -2.42. The van der Waals surface area contributed by atoms with E-state index in [9.17, 15) is 9.90 Å². The van der Waals surface area contributed by atoms with Crippen molar-refractivity contribution in [3.8, 4) is 5.75 Å². The van der Waals surface area contributed by atoms with Gasteiger partial charge in [-0.05, 0) is 43.9 Å². The summed E-state index contributed by atoms with van der Waals surface area (Å²) in [6.45, 7) is 5.69. The highest BCUT2D eigenvalue weighted by atomic mass is 16.5. The van der Waals surface area contributed by atoms with Gasteiger partial charge in [0.1, 0.15) is 16.9 Å². The normalized spacial score (nSPS) is 25.3. The van der Waals surface area contributed by atoms with Crippen molar-refractivity contribution in [1.29, 1.82) is 0 Å². The summed E-state index contributed by atoms with van der Waals surface area (Å²) in [7, 11) is 0. The van der Waals surface area contributed by atoms with Crippen LogP contribution in [0, 0.1) is 6.92 Å². The molecule has 1 aromatic carbocycles. The molecule has 0 fully saturated rings. The Morgan fingerprint density at radius 2 is 2.20 bits per heavy atom. The third kappa shape index (κ3) is 1.91. The van der Waals surface area contributed by atoms with Crippen molar-refractivity contribution < 1.29 is 14.3 Å². The smallest absolute Gasteiger partial charge is 0.343 e. The first kappa shape index (κ1) is 13.2. The van der Waals surface area contributed by atoms with Crippen LogP contribution in [0.25, 0.3) is 11.0 Å². The maximum Gasteiger partial charge on any atom is 0.343 e. The molecule has 2 aromatic rings. The van der Waals surface area contributed by atoms with E-state index in [0.717, 1.165) is 10.9 Å². The number of fused-ring (bicyclic) bond motifs is 3. The Kier molecular flexibility index (Phi) is 2.87. The van der Waals surface area contributed by atoms with Crippen LogP contribution in [0.1, 0.15) is 37.3 Å². The Labute approximate surface area is 117 Å². The molecule has 2 atom stereocenters. The van der Waals surface area contributed by atoms with E-state index >= 15 is 0 Å². The number of ether oxygens (including phenoxy) is 1. The molecule has 0 bridgehead atoms. The molecular weight excluding hydrogens is 256 g/mol. The summed E-state index contributed by atoms with van der Waals surface area (Å²) in [5, 5.41) is 10.3. The molecule has 0 spiro atoms. The highest BCUT2D eigenvalue weighted by Crippen LogP contribution is 2.42. The van der Waals surface area contributed by atoms with Crippen LogP contribution in [-0.4, -0.2) is 17.3 Å². The Morgan fingerprint density at radius 1 is 1.45 bits per heavy atom. The summed E-state index contributed by atoms with van der Waals surface area (Å²) in [5.74, 6) is 0.560. The van der Waals surface area contributed by atoms with Crippen molar-refractivity contribution in [1.82, 2.24) is 0 Å². The molecule has 4 heteroatoms. The zero-order chi connectivity index (χ0) is 14.5. The lowest BCUT2D eigenvalue weighted by molar-refractivity contribution is 0.00167. The SMILES string of the molecule is Cc1ccc2c3c(c(=O)oc2c1)[C@H](C)C[C@](C)(CO)O3. The van der Waals surface area contributed by atoms with Crippen molar-refractivity contribution in [2.45, 2.75) is 38.7 Å². The highest BCUT2D eigenvalue weighted by molar-refractivity contribution is 5.85. The second kappa shape index (κ2) is 4.35. The van der Waals surface area contributed by atoms with E-state index < -0.39 is 5.60 Å². The van der Waals surface area contributed by atoms with Gasteiger partial charge in [0.15, 0.2) is 0 Å². The summed E-state index contributed by atoms with van der Waals surface area (Å²) in [5.41, 5.74) is 1.13. The molecule has 20 heavy (non-hydrogen) atoms. The average molecular weight is 274 g/mol. The first-order valence-electron chi connectivity index (χ1n) is 6.81. The number of hydrogen-bond donors (Lipinski definition) is 1. The van der Waals surface area contributed by atoms with E-state index in [4.69, 9.17) is 9.15 Å². The van der Waals surface area contributed by atoms with Gasteiger partial charge >= 0.3 is 5.63 Å². The van der Waals surface area contributed by atoms with E-state index in [1.807, 2.05) is 39.0 Å². The van der Waals surface area contributed by atoms with Crippen molar-refractivity contribution in [2.75, 3.05) is 6.61 Å². The van der Waals surface area contributed by atoms with Gasteiger partial charge in [-0.25, -0.2) is 4.79 Å². The lowest BCUT2D eigenvalue weighted by atomic mass is 9.85. The minimum absolute atomic E-state index is 0.00199. The zero-order valence-electron chi connectivity index (χ0n) is 11.9. The highest BCUT2D eigenvalue weighted by Gasteiger charge is 2.38. The molecule has 0 aliphatic carbocycles. The summed E-state index contributed by atoms with van der Waals surface area (Å²) >= 11 is 0. The minimum atomic E-state index is -0.655. The van der Waals surface area contributed by atoms with Crippen LogP contribution in [-0.2, 0) is 0 Å². The number of aliphatic hydroxyl groups excluding tert-OH is 1. The summed E-state index contributed by atoms with van der Waals surface area (Å²) in [6, 6.07) is 5.69. The quantitative estimate of drug-likeness (QED) is 0.812. The fraction of sp³-hybridized carbons (Fsp3) is 0.438. The number of rotatable bonds is 1. The fourth-order valence-electron chi connectivity index (χ4n) is 2.96.